The van der Waals surface area contributed by atoms with Gasteiger partial charge in [0.1, 0.15) is 5.75 Å². The first-order valence-electron chi connectivity index (χ1n) is 7.96. The molecular formula is C19H22N2O3. The average Bonchev–Trinajstić information content (AvgIpc) is 2.62. The Hall–Kier alpha value is -2.82. The number of hydrogen-bond donors (Lipinski definition) is 2. The molecule has 126 valence electrons. The molecular weight excluding hydrogens is 304 g/mol. The first-order valence-corrected chi connectivity index (χ1v) is 7.96. The summed E-state index contributed by atoms with van der Waals surface area (Å²) >= 11 is 0. The van der Waals surface area contributed by atoms with Crippen LogP contribution in [0.1, 0.15) is 25.0 Å². The molecule has 0 aliphatic rings. The Bertz CT molecular complexity index is 702. The van der Waals surface area contributed by atoms with E-state index in [1.54, 1.807) is 31.4 Å². The molecule has 5 heteroatoms. The Balaban J connectivity index is 2.10. The lowest BCUT2D eigenvalue weighted by Gasteiger charge is -2.14. The van der Waals surface area contributed by atoms with Crippen LogP contribution in [0.4, 0.5) is 11.4 Å². The van der Waals surface area contributed by atoms with E-state index in [1.165, 1.54) is 0 Å². The van der Waals surface area contributed by atoms with Gasteiger partial charge in [-0.25, -0.2) is 0 Å². The van der Waals surface area contributed by atoms with E-state index in [-0.39, 0.29) is 0 Å². The van der Waals surface area contributed by atoms with E-state index in [1.807, 2.05) is 32.0 Å². The van der Waals surface area contributed by atoms with Gasteiger partial charge >= 0.3 is 11.8 Å². The van der Waals surface area contributed by atoms with E-state index < -0.39 is 11.8 Å². The van der Waals surface area contributed by atoms with Gasteiger partial charge in [-0.1, -0.05) is 32.0 Å². The van der Waals surface area contributed by atoms with Crippen molar-refractivity contribution in [1.82, 2.24) is 0 Å². The minimum absolute atomic E-state index is 0.537. The van der Waals surface area contributed by atoms with Crippen molar-refractivity contribution in [3.63, 3.8) is 0 Å². The average molecular weight is 326 g/mol. The third-order valence-electron chi connectivity index (χ3n) is 3.79. The molecule has 2 amide bonds. The molecule has 2 rings (SSSR count). The maximum Gasteiger partial charge on any atom is 0.314 e. The summed E-state index contributed by atoms with van der Waals surface area (Å²) in [6, 6.07) is 12.7. The molecule has 0 bridgehead atoms. The third kappa shape index (κ3) is 4.13. The van der Waals surface area contributed by atoms with Crippen molar-refractivity contribution in [2.24, 2.45) is 0 Å². The number of amides is 2. The maximum atomic E-state index is 12.2. The Labute approximate surface area is 142 Å². The number of nitrogens with one attached hydrogen (secondary N) is 2. The van der Waals surface area contributed by atoms with Crippen molar-refractivity contribution in [2.75, 3.05) is 17.7 Å². The van der Waals surface area contributed by atoms with Gasteiger partial charge < -0.3 is 15.4 Å². The summed E-state index contributed by atoms with van der Waals surface area (Å²) in [6.07, 6.45) is 1.56. The number of aryl methyl sites for hydroxylation is 2. The predicted molar refractivity (Wildman–Crippen MR) is 95.5 cm³/mol. The van der Waals surface area contributed by atoms with E-state index in [9.17, 15) is 9.59 Å². The molecule has 0 aliphatic carbocycles. The molecule has 2 aromatic rings. The van der Waals surface area contributed by atoms with Crippen molar-refractivity contribution in [1.29, 1.82) is 0 Å². The van der Waals surface area contributed by atoms with Crippen LogP contribution in [0, 0.1) is 0 Å². The van der Waals surface area contributed by atoms with Crippen LogP contribution in [0.2, 0.25) is 0 Å². The zero-order valence-electron chi connectivity index (χ0n) is 14.2. The number of methoxy groups -OCH3 is 1. The second-order valence-corrected chi connectivity index (χ2v) is 5.30. The molecule has 0 aromatic heterocycles. The Morgan fingerprint density at radius 3 is 1.92 bits per heavy atom. The second kappa shape index (κ2) is 8.15. The van der Waals surface area contributed by atoms with Gasteiger partial charge in [-0.15, -0.1) is 0 Å². The highest BCUT2D eigenvalue weighted by Gasteiger charge is 2.17. The molecule has 0 saturated carbocycles. The standard InChI is InChI=1S/C19H22N2O3/c1-4-13-7-6-8-14(5-2)17(13)21-19(23)18(22)20-15-9-11-16(24-3)12-10-15/h6-12H,4-5H2,1-3H3,(H,20,22)(H,21,23). The summed E-state index contributed by atoms with van der Waals surface area (Å²) in [4.78, 5) is 24.3. The summed E-state index contributed by atoms with van der Waals surface area (Å²) in [7, 11) is 1.57. The monoisotopic (exact) mass is 326 g/mol. The van der Waals surface area contributed by atoms with Gasteiger partial charge in [-0.2, -0.15) is 0 Å². The van der Waals surface area contributed by atoms with Gasteiger partial charge in [0, 0.05) is 11.4 Å². The molecule has 0 heterocycles. The van der Waals surface area contributed by atoms with Gasteiger partial charge in [0.05, 0.1) is 7.11 Å². The summed E-state index contributed by atoms with van der Waals surface area (Å²) in [5.41, 5.74) is 3.30. The van der Waals surface area contributed by atoms with E-state index in [4.69, 9.17) is 4.74 Å². The number of rotatable bonds is 5. The fourth-order valence-corrected chi connectivity index (χ4v) is 2.44. The number of anilines is 2. The van der Waals surface area contributed by atoms with Crippen molar-refractivity contribution in [3.05, 3.63) is 53.6 Å². The topological polar surface area (TPSA) is 67.4 Å². The molecule has 2 N–H and O–H groups in total. The zero-order chi connectivity index (χ0) is 17.5. The number of carbonyl (C=O) groups excluding carboxylic acids is 2. The number of benzene rings is 2. The normalized spacial score (nSPS) is 10.1. The highest BCUT2D eigenvalue weighted by molar-refractivity contribution is 6.43. The van der Waals surface area contributed by atoms with Crippen LogP contribution < -0.4 is 15.4 Å². The Morgan fingerprint density at radius 2 is 1.42 bits per heavy atom. The van der Waals surface area contributed by atoms with E-state index in [0.717, 1.165) is 29.7 Å². The summed E-state index contributed by atoms with van der Waals surface area (Å²) in [5.74, 6) is -0.698. The van der Waals surface area contributed by atoms with Gasteiger partial charge in [0.25, 0.3) is 0 Å². The second-order valence-electron chi connectivity index (χ2n) is 5.30. The first kappa shape index (κ1) is 17.5. The zero-order valence-corrected chi connectivity index (χ0v) is 14.2. The van der Waals surface area contributed by atoms with E-state index in [2.05, 4.69) is 10.6 Å². The highest BCUT2D eigenvalue weighted by Crippen LogP contribution is 2.22. The highest BCUT2D eigenvalue weighted by atomic mass is 16.5. The summed E-state index contributed by atoms with van der Waals surface area (Å²) in [6.45, 7) is 4.03. The smallest absolute Gasteiger partial charge is 0.314 e. The van der Waals surface area contributed by atoms with E-state index >= 15 is 0 Å². The Kier molecular flexibility index (Phi) is 5.95. The number of para-hydroxylation sites is 1. The van der Waals surface area contributed by atoms with Crippen LogP contribution in [-0.4, -0.2) is 18.9 Å². The van der Waals surface area contributed by atoms with Crippen LogP contribution in [0.3, 0.4) is 0 Å². The van der Waals surface area contributed by atoms with Crippen LogP contribution in [0.15, 0.2) is 42.5 Å². The molecule has 0 fully saturated rings. The van der Waals surface area contributed by atoms with Crippen LogP contribution in [0.25, 0.3) is 0 Å². The fraction of sp³-hybridized carbons (Fsp3) is 0.263. The van der Waals surface area contributed by atoms with Crippen molar-refractivity contribution in [2.45, 2.75) is 26.7 Å². The van der Waals surface area contributed by atoms with Crippen molar-refractivity contribution < 1.29 is 14.3 Å². The first-order chi connectivity index (χ1) is 11.6. The Morgan fingerprint density at radius 1 is 0.875 bits per heavy atom. The van der Waals surface area contributed by atoms with Crippen LogP contribution in [-0.2, 0) is 22.4 Å². The van der Waals surface area contributed by atoms with Crippen LogP contribution >= 0.6 is 0 Å². The minimum atomic E-state index is -0.701. The SMILES string of the molecule is CCc1cccc(CC)c1NC(=O)C(=O)Nc1ccc(OC)cc1. The molecule has 0 spiro atoms. The van der Waals surface area contributed by atoms with Gasteiger partial charge in [-0.05, 0) is 48.2 Å². The lowest BCUT2D eigenvalue weighted by atomic mass is 10.0. The summed E-state index contributed by atoms with van der Waals surface area (Å²) in [5, 5.41) is 5.33. The molecule has 5 nitrogen and oxygen atoms in total. The lowest BCUT2D eigenvalue weighted by Crippen LogP contribution is -2.29. The predicted octanol–water partition coefficient (Wildman–Crippen LogP) is 3.40. The minimum Gasteiger partial charge on any atom is -0.497 e. The quantitative estimate of drug-likeness (QED) is 0.828. The maximum absolute atomic E-state index is 12.2. The van der Waals surface area contributed by atoms with Crippen LogP contribution in [0.5, 0.6) is 5.75 Å². The fourth-order valence-electron chi connectivity index (χ4n) is 2.44. The summed E-state index contributed by atoms with van der Waals surface area (Å²) < 4.78 is 5.06. The van der Waals surface area contributed by atoms with Crippen molar-refractivity contribution >= 4 is 23.2 Å². The molecule has 24 heavy (non-hydrogen) atoms. The lowest BCUT2D eigenvalue weighted by molar-refractivity contribution is -0.133. The number of hydrogen-bond acceptors (Lipinski definition) is 3. The molecule has 0 aliphatic heterocycles. The molecule has 0 atom stereocenters. The molecule has 0 saturated heterocycles. The molecule has 0 radical (unpaired) electrons. The number of carbonyl (C=O) groups is 2. The van der Waals surface area contributed by atoms with Crippen molar-refractivity contribution in [3.8, 4) is 5.75 Å². The third-order valence-corrected chi connectivity index (χ3v) is 3.79. The van der Waals surface area contributed by atoms with Gasteiger partial charge in [-0.3, -0.25) is 9.59 Å². The number of ether oxygens (including phenoxy) is 1. The van der Waals surface area contributed by atoms with Gasteiger partial charge in [0.15, 0.2) is 0 Å². The van der Waals surface area contributed by atoms with Gasteiger partial charge in [0.2, 0.25) is 0 Å². The largest absolute Gasteiger partial charge is 0.497 e. The molecule has 0 unspecified atom stereocenters. The van der Waals surface area contributed by atoms with E-state index in [0.29, 0.717) is 11.4 Å². The molecule has 2 aromatic carbocycles.